The van der Waals surface area contributed by atoms with Gasteiger partial charge in [-0.25, -0.2) is 0 Å². The number of carbonyl (C=O) groups is 1. The van der Waals surface area contributed by atoms with Crippen molar-refractivity contribution in [2.45, 2.75) is 18.9 Å². The lowest BCUT2D eigenvalue weighted by molar-refractivity contribution is 0.0946. The molecule has 0 radical (unpaired) electrons. The Labute approximate surface area is 86.0 Å². The highest BCUT2D eigenvalue weighted by atomic mass is 32.1. The quantitative estimate of drug-likeness (QED) is 0.736. The predicted molar refractivity (Wildman–Crippen MR) is 52.9 cm³/mol. The van der Waals surface area contributed by atoms with Crippen molar-refractivity contribution in [2.24, 2.45) is 11.7 Å². The van der Waals surface area contributed by atoms with Crippen molar-refractivity contribution in [2.75, 3.05) is 6.54 Å². The van der Waals surface area contributed by atoms with E-state index in [1.165, 1.54) is 19.0 Å². The van der Waals surface area contributed by atoms with Crippen LogP contribution in [-0.4, -0.2) is 27.2 Å². The smallest absolute Gasteiger partial charge is 0.272 e. The van der Waals surface area contributed by atoms with Crippen LogP contribution in [0.2, 0.25) is 0 Å². The lowest BCUT2D eigenvalue weighted by atomic mass is 10.2. The molecule has 1 unspecified atom stereocenters. The van der Waals surface area contributed by atoms with Gasteiger partial charge in [-0.1, -0.05) is 0 Å². The molecule has 14 heavy (non-hydrogen) atoms. The zero-order valence-electron chi connectivity index (χ0n) is 7.64. The fraction of sp³-hybridized carbons (Fsp3) is 0.625. The van der Waals surface area contributed by atoms with E-state index in [1.807, 2.05) is 0 Å². The highest BCUT2D eigenvalue weighted by Crippen LogP contribution is 2.31. The summed E-state index contributed by atoms with van der Waals surface area (Å²) in [4.78, 5) is 11.4. The molecule has 1 aromatic heterocycles. The van der Waals surface area contributed by atoms with Gasteiger partial charge in [0.1, 0.15) is 0 Å². The molecular weight excluding hydrogens is 200 g/mol. The summed E-state index contributed by atoms with van der Waals surface area (Å²) in [6.07, 6.45) is 3.84. The molecule has 0 aromatic carbocycles. The van der Waals surface area contributed by atoms with Gasteiger partial charge in [-0.05, 0) is 18.8 Å². The van der Waals surface area contributed by atoms with Gasteiger partial charge in [0.05, 0.1) is 17.9 Å². The Morgan fingerprint density at radius 1 is 1.79 bits per heavy atom. The second-order valence-electron chi connectivity index (χ2n) is 3.50. The largest absolute Gasteiger partial charge is 0.349 e. The van der Waals surface area contributed by atoms with Gasteiger partial charge in [0.25, 0.3) is 5.91 Å². The Kier molecular flexibility index (Phi) is 2.74. The van der Waals surface area contributed by atoms with E-state index in [1.54, 1.807) is 0 Å². The van der Waals surface area contributed by atoms with E-state index in [4.69, 9.17) is 5.73 Å². The predicted octanol–water partition coefficient (Wildman–Crippen LogP) is 0.00520. The number of rotatable bonds is 4. The maximum Gasteiger partial charge on any atom is 0.272 e. The summed E-state index contributed by atoms with van der Waals surface area (Å²) < 4.78 is 7.59. The van der Waals surface area contributed by atoms with E-state index in [2.05, 4.69) is 14.1 Å². The molecule has 0 saturated heterocycles. The molecule has 1 aliphatic carbocycles. The number of nitrogens with two attached hydrogens (primary N) is 1. The molecule has 3 N–H and O–H groups in total. The number of nitrogens with zero attached hydrogens (tertiary/aromatic N) is 2. The maximum atomic E-state index is 11.4. The number of amides is 1. The zero-order valence-corrected chi connectivity index (χ0v) is 8.46. The number of nitrogens with one attached hydrogen (secondary N) is 1. The van der Waals surface area contributed by atoms with Crippen molar-refractivity contribution in [1.29, 1.82) is 0 Å². The Morgan fingerprint density at radius 3 is 3.14 bits per heavy atom. The minimum Gasteiger partial charge on any atom is -0.349 e. The monoisotopic (exact) mass is 212 g/mol. The molecule has 1 amide bonds. The third-order valence-electron chi connectivity index (χ3n) is 2.32. The number of carbonyl (C=O) groups excluding carboxylic acids is 1. The molecule has 1 aliphatic rings. The molecule has 6 heteroatoms. The Hall–Kier alpha value is -1.01. The molecule has 5 nitrogen and oxygen atoms in total. The molecular formula is C8H12N4OS. The molecule has 1 aromatic rings. The summed E-state index contributed by atoms with van der Waals surface area (Å²) >= 11 is 1.03. The number of hydrogen-bond acceptors (Lipinski definition) is 5. The molecule has 0 aliphatic heterocycles. The first-order chi connectivity index (χ1) is 6.77. The molecule has 2 rings (SSSR count). The Morgan fingerprint density at radius 2 is 2.57 bits per heavy atom. The van der Waals surface area contributed by atoms with Gasteiger partial charge < -0.3 is 11.1 Å². The average molecular weight is 212 g/mol. The van der Waals surface area contributed by atoms with Crippen molar-refractivity contribution in [1.82, 2.24) is 14.1 Å². The molecule has 1 heterocycles. The van der Waals surface area contributed by atoms with Crippen LogP contribution in [0.4, 0.5) is 0 Å². The van der Waals surface area contributed by atoms with E-state index in [0.717, 1.165) is 11.7 Å². The minimum atomic E-state index is -0.185. The third-order valence-corrected chi connectivity index (χ3v) is 2.80. The normalized spacial score (nSPS) is 17.8. The van der Waals surface area contributed by atoms with Gasteiger partial charge in [-0.3, -0.25) is 4.79 Å². The van der Waals surface area contributed by atoms with Crippen molar-refractivity contribution in [3.63, 3.8) is 0 Å². The summed E-state index contributed by atoms with van der Waals surface area (Å²) in [5.41, 5.74) is 6.21. The topological polar surface area (TPSA) is 80.9 Å². The van der Waals surface area contributed by atoms with E-state index in [-0.39, 0.29) is 11.9 Å². The van der Waals surface area contributed by atoms with Crippen LogP contribution >= 0.6 is 11.7 Å². The van der Waals surface area contributed by atoms with Crippen LogP contribution in [0.5, 0.6) is 0 Å². The summed E-state index contributed by atoms with van der Waals surface area (Å²) in [7, 11) is 0. The fourth-order valence-corrected chi connectivity index (χ4v) is 1.67. The Balaban J connectivity index is 1.77. The van der Waals surface area contributed by atoms with Gasteiger partial charge in [0.15, 0.2) is 5.69 Å². The van der Waals surface area contributed by atoms with E-state index in [0.29, 0.717) is 18.2 Å². The van der Waals surface area contributed by atoms with Crippen molar-refractivity contribution >= 4 is 17.6 Å². The van der Waals surface area contributed by atoms with Gasteiger partial charge in [-0.2, -0.15) is 8.75 Å². The number of aromatic nitrogens is 2. The van der Waals surface area contributed by atoms with Gasteiger partial charge in [-0.15, -0.1) is 0 Å². The first kappa shape index (κ1) is 9.54. The Bertz CT molecular complexity index is 309. The van der Waals surface area contributed by atoms with Crippen molar-refractivity contribution < 1.29 is 4.79 Å². The van der Waals surface area contributed by atoms with Crippen LogP contribution in [0.1, 0.15) is 23.3 Å². The highest BCUT2D eigenvalue weighted by molar-refractivity contribution is 6.99. The molecule has 0 spiro atoms. The van der Waals surface area contributed by atoms with E-state index >= 15 is 0 Å². The van der Waals surface area contributed by atoms with Gasteiger partial charge in [0, 0.05) is 12.6 Å². The van der Waals surface area contributed by atoms with E-state index in [9.17, 15) is 4.79 Å². The lowest BCUT2D eigenvalue weighted by Gasteiger charge is -2.09. The van der Waals surface area contributed by atoms with Crippen LogP contribution in [0.25, 0.3) is 0 Å². The molecule has 76 valence electrons. The summed E-state index contributed by atoms with van der Waals surface area (Å²) in [6, 6.07) is 0.0885. The van der Waals surface area contributed by atoms with E-state index < -0.39 is 0 Å². The molecule has 1 fully saturated rings. The summed E-state index contributed by atoms with van der Waals surface area (Å²) in [6.45, 7) is 0.529. The minimum absolute atomic E-state index is 0.0885. The molecule has 1 atom stereocenters. The van der Waals surface area contributed by atoms with Crippen LogP contribution in [-0.2, 0) is 0 Å². The zero-order chi connectivity index (χ0) is 9.97. The standard InChI is InChI=1S/C8H12N4OS/c9-6(5-1-2-5)3-10-8(13)7-4-11-14-12-7/h4-6H,1-3,9H2,(H,10,13). The van der Waals surface area contributed by atoms with Gasteiger partial charge >= 0.3 is 0 Å². The van der Waals surface area contributed by atoms with Gasteiger partial charge in [0.2, 0.25) is 0 Å². The van der Waals surface area contributed by atoms with Crippen LogP contribution in [0.3, 0.4) is 0 Å². The van der Waals surface area contributed by atoms with Crippen molar-refractivity contribution in [3.05, 3.63) is 11.9 Å². The second-order valence-corrected chi connectivity index (χ2v) is 4.06. The first-order valence-corrected chi connectivity index (χ1v) is 5.32. The SMILES string of the molecule is NC(CNC(=O)c1cnsn1)C1CC1. The molecule has 0 bridgehead atoms. The van der Waals surface area contributed by atoms with Crippen LogP contribution in [0, 0.1) is 5.92 Å². The summed E-state index contributed by atoms with van der Waals surface area (Å²) in [5, 5.41) is 2.75. The lowest BCUT2D eigenvalue weighted by Crippen LogP contribution is -2.38. The van der Waals surface area contributed by atoms with Crippen molar-refractivity contribution in [3.8, 4) is 0 Å². The average Bonchev–Trinajstić information content (AvgIpc) is 2.90. The summed E-state index contributed by atoms with van der Waals surface area (Å²) in [5.74, 6) is 0.415. The fourth-order valence-electron chi connectivity index (χ4n) is 1.26. The number of hydrogen-bond donors (Lipinski definition) is 2. The van der Waals surface area contributed by atoms with Crippen LogP contribution < -0.4 is 11.1 Å². The first-order valence-electron chi connectivity index (χ1n) is 4.58. The highest BCUT2D eigenvalue weighted by Gasteiger charge is 2.28. The van der Waals surface area contributed by atoms with Crippen LogP contribution in [0.15, 0.2) is 6.20 Å². The maximum absolute atomic E-state index is 11.4. The third kappa shape index (κ3) is 2.27. The molecule has 1 saturated carbocycles. The second kappa shape index (κ2) is 4.02.